The highest BCUT2D eigenvalue weighted by Crippen LogP contribution is 2.16. The van der Waals surface area contributed by atoms with Crippen molar-refractivity contribution in [3.05, 3.63) is 35.4 Å². The quantitative estimate of drug-likeness (QED) is 0.779. The van der Waals surface area contributed by atoms with E-state index in [1.165, 1.54) is 0 Å². The van der Waals surface area contributed by atoms with Gasteiger partial charge in [0.25, 0.3) is 0 Å². The van der Waals surface area contributed by atoms with E-state index in [1.807, 2.05) is 24.3 Å². The lowest BCUT2D eigenvalue weighted by Gasteiger charge is -2.11. The van der Waals surface area contributed by atoms with Crippen LogP contribution in [0.1, 0.15) is 30.0 Å². The van der Waals surface area contributed by atoms with Gasteiger partial charge in [-0.15, -0.1) is 0 Å². The van der Waals surface area contributed by atoms with Crippen LogP contribution in [0, 0.1) is 0 Å². The van der Waals surface area contributed by atoms with Gasteiger partial charge in [0.05, 0.1) is 6.67 Å². The molecule has 3 nitrogen and oxygen atoms in total. The molecule has 0 aliphatic carbocycles. The lowest BCUT2D eigenvalue weighted by molar-refractivity contribution is -0.137. The second kappa shape index (κ2) is 6.23. The van der Waals surface area contributed by atoms with E-state index in [4.69, 9.17) is 10.8 Å². The van der Waals surface area contributed by atoms with Crippen LogP contribution in [-0.2, 0) is 11.2 Å². The van der Waals surface area contributed by atoms with Crippen molar-refractivity contribution < 1.29 is 14.3 Å². The van der Waals surface area contributed by atoms with E-state index in [2.05, 4.69) is 0 Å². The summed E-state index contributed by atoms with van der Waals surface area (Å²) >= 11 is 0. The fourth-order valence-electron chi connectivity index (χ4n) is 1.49. The predicted molar refractivity (Wildman–Crippen MR) is 59.9 cm³/mol. The number of benzene rings is 1. The minimum absolute atomic E-state index is 0.0629. The summed E-state index contributed by atoms with van der Waals surface area (Å²) in [5.41, 5.74) is 7.65. The van der Waals surface area contributed by atoms with Gasteiger partial charge in [-0.25, -0.2) is 0 Å². The highest BCUT2D eigenvalue weighted by atomic mass is 19.1. The number of aliphatic carboxylic acids is 1. The van der Waals surface area contributed by atoms with E-state index < -0.39 is 5.97 Å². The molecule has 0 bridgehead atoms. The summed E-state index contributed by atoms with van der Waals surface area (Å²) in [6, 6.07) is 7.05. The number of hydrogen-bond acceptors (Lipinski definition) is 2. The summed E-state index contributed by atoms with van der Waals surface area (Å²) < 4.78 is 12.1. The maximum atomic E-state index is 12.1. The molecular formula is C12H16FNO2. The fourth-order valence-corrected chi connectivity index (χ4v) is 1.49. The van der Waals surface area contributed by atoms with Gasteiger partial charge in [0.2, 0.25) is 0 Å². The summed E-state index contributed by atoms with van der Waals surface area (Å²) in [5, 5.41) is 8.53. The summed E-state index contributed by atoms with van der Waals surface area (Å²) in [5.74, 6) is -0.843. The lowest BCUT2D eigenvalue weighted by atomic mass is 10.0. The van der Waals surface area contributed by atoms with Crippen molar-refractivity contribution >= 4 is 5.97 Å². The predicted octanol–water partition coefficient (Wildman–Crippen LogP) is 2.06. The Morgan fingerprint density at radius 3 is 2.50 bits per heavy atom. The minimum Gasteiger partial charge on any atom is -0.481 e. The summed E-state index contributed by atoms with van der Waals surface area (Å²) in [7, 11) is 0. The van der Waals surface area contributed by atoms with Gasteiger partial charge in [0, 0.05) is 18.9 Å². The first-order chi connectivity index (χ1) is 7.63. The van der Waals surface area contributed by atoms with Gasteiger partial charge in [-0.3, -0.25) is 9.18 Å². The normalized spacial score (nSPS) is 12.4. The highest BCUT2D eigenvalue weighted by molar-refractivity contribution is 5.66. The molecule has 0 spiro atoms. The Morgan fingerprint density at radius 2 is 2.00 bits per heavy atom. The van der Waals surface area contributed by atoms with Crippen LogP contribution in [0.2, 0.25) is 0 Å². The smallest absolute Gasteiger partial charge is 0.303 e. The summed E-state index contributed by atoms with van der Waals surface area (Å²) in [6.07, 6.45) is 0.885. The molecular weight excluding hydrogens is 209 g/mol. The molecule has 0 fully saturated rings. The van der Waals surface area contributed by atoms with Gasteiger partial charge in [-0.2, -0.15) is 0 Å². The Kier molecular flexibility index (Phi) is 4.92. The van der Waals surface area contributed by atoms with E-state index in [0.717, 1.165) is 11.1 Å². The van der Waals surface area contributed by atoms with Gasteiger partial charge >= 0.3 is 5.97 Å². The van der Waals surface area contributed by atoms with Crippen molar-refractivity contribution in [1.29, 1.82) is 0 Å². The van der Waals surface area contributed by atoms with E-state index >= 15 is 0 Å². The molecule has 0 amide bonds. The third-order valence-corrected chi connectivity index (χ3v) is 2.46. The standard InChI is InChI=1S/C12H16FNO2/c13-8-7-9-1-3-10(4-2-9)11(14)5-6-12(15)16/h1-4,11H,5-8,14H2,(H,15,16). The van der Waals surface area contributed by atoms with Gasteiger partial charge in [-0.1, -0.05) is 24.3 Å². The number of alkyl halides is 1. The van der Waals surface area contributed by atoms with Crippen LogP contribution < -0.4 is 5.73 Å². The second-order valence-corrected chi connectivity index (χ2v) is 3.72. The monoisotopic (exact) mass is 225 g/mol. The van der Waals surface area contributed by atoms with Crippen molar-refractivity contribution in [3.63, 3.8) is 0 Å². The number of carbonyl (C=O) groups is 1. The van der Waals surface area contributed by atoms with Gasteiger partial charge in [0.15, 0.2) is 0 Å². The number of hydrogen-bond donors (Lipinski definition) is 2. The summed E-state index contributed by atoms with van der Waals surface area (Å²) in [6.45, 7) is -0.371. The van der Waals surface area contributed by atoms with E-state index in [-0.39, 0.29) is 19.1 Å². The van der Waals surface area contributed by atoms with Crippen LogP contribution >= 0.6 is 0 Å². The largest absolute Gasteiger partial charge is 0.481 e. The van der Waals surface area contributed by atoms with Crippen LogP contribution in [0.25, 0.3) is 0 Å². The molecule has 1 unspecified atom stereocenters. The average molecular weight is 225 g/mol. The molecule has 3 N–H and O–H groups in total. The van der Waals surface area contributed by atoms with Crippen LogP contribution in [0.5, 0.6) is 0 Å². The Balaban J connectivity index is 2.55. The van der Waals surface area contributed by atoms with E-state index in [9.17, 15) is 9.18 Å². The minimum atomic E-state index is -0.843. The molecule has 0 saturated carbocycles. The molecule has 4 heteroatoms. The van der Waals surface area contributed by atoms with Crippen molar-refractivity contribution in [2.75, 3.05) is 6.67 Å². The zero-order chi connectivity index (χ0) is 12.0. The third kappa shape index (κ3) is 3.98. The topological polar surface area (TPSA) is 63.3 Å². The molecule has 0 heterocycles. The van der Waals surface area contributed by atoms with Crippen molar-refractivity contribution in [2.45, 2.75) is 25.3 Å². The van der Waals surface area contributed by atoms with E-state index in [0.29, 0.717) is 12.8 Å². The molecule has 16 heavy (non-hydrogen) atoms. The maximum absolute atomic E-state index is 12.1. The Hall–Kier alpha value is -1.42. The van der Waals surface area contributed by atoms with E-state index in [1.54, 1.807) is 0 Å². The van der Waals surface area contributed by atoms with Crippen LogP contribution in [0.4, 0.5) is 4.39 Å². The number of carboxylic acid groups (broad SMARTS) is 1. The number of aryl methyl sites for hydroxylation is 1. The van der Waals surface area contributed by atoms with Crippen molar-refractivity contribution in [2.24, 2.45) is 5.73 Å². The average Bonchev–Trinajstić information content (AvgIpc) is 2.27. The van der Waals surface area contributed by atoms with Crippen LogP contribution in [0.3, 0.4) is 0 Å². The SMILES string of the molecule is NC(CCC(=O)O)c1ccc(CCF)cc1. The first-order valence-corrected chi connectivity index (χ1v) is 5.25. The zero-order valence-electron chi connectivity index (χ0n) is 9.03. The second-order valence-electron chi connectivity index (χ2n) is 3.72. The lowest BCUT2D eigenvalue weighted by Crippen LogP contribution is -2.12. The Bertz CT molecular complexity index is 337. The van der Waals surface area contributed by atoms with Crippen LogP contribution in [-0.4, -0.2) is 17.8 Å². The van der Waals surface area contributed by atoms with Gasteiger partial charge in [0.1, 0.15) is 0 Å². The number of nitrogens with two attached hydrogens (primary N) is 1. The summed E-state index contributed by atoms with van der Waals surface area (Å²) in [4.78, 5) is 10.4. The Morgan fingerprint density at radius 1 is 1.38 bits per heavy atom. The molecule has 0 radical (unpaired) electrons. The molecule has 1 rings (SSSR count). The third-order valence-electron chi connectivity index (χ3n) is 2.46. The van der Waals surface area contributed by atoms with Crippen molar-refractivity contribution in [3.8, 4) is 0 Å². The first-order valence-electron chi connectivity index (χ1n) is 5.25. The fraction of sp³-hybridized carbons (Fsp3) is 0.417. The Labute approximate surface area is 94.1 Å². The van der Waals surface area contributed by atoms with Crippen LogP contribution in [0.15, 0.2) is 24.3 Å². The van der Waals surface area contributed by atoms with Gasteiger partial charge in [-0.05, 0) is 17.5 Å². The molecule has 88 valence electrons. The molecule has 0 saturated heterocycles. The molecule has 0 aliphatic heterocycles. The molecule has 1 aromatic carbocycles. The number of halogens is 1. The number of carboxylic acids is 1. The molecule has 1 atom stereocenters. The molecule has 0 aromatic heterocycles. The van der Waals surface area contributed by atoms with Crippen molar-refractivity contribution in [1.82, 2.24) is 0 Å². The first kappa shape index (κ1) is 12.6. The zero-order valence-corrected chi connectivity index (χ0v) is 9.03. The molecule has 0 aliphatic rings. The highest BCUT2D eigenvalue weighted by Gasteiger charge is 2.08. The maximum Gasteiger partial charge on any atom is 0.303 e. The van der Waals surface area contributed by atoms with Gasteiger partial charge < -0.3 is 10.8 Å². The number of rotatable bonds is 6. The molecule has 1 aromatic rings.